The summed E-state index contributed by atoms with van der Waals surface area (Å²) in [6.45, 7) is 3.16. The third kappa shape index (κ3) is 3.64. The molecule has 1 aliphatic heterocycles. The van der Waals surface area contributed by atoms with Crippen LogP contribution in [-0.2, 0) is 6.42 Å². The normalized spacial score (nSPS) is 15.4. The Hall–Kier alpha value is -2.54. The first kappa shape index (κ1) is 17.9. The molecule has 7 heteroatoms. The predicted molar refractivity (Wildman–Crippen MR) is 103 cm³/mol. The van der Waals surface area contributed by atoms with Gasteiger partial charge in [-0.1, -0.05) is 24.2 Å². The maximum atomic E-state index is 12.8. The van der Waals surface area contributed by atoms with Gasteiger partial charge in [0.15, 0.2) is 16.5 Å². The maximum absolute atomic E-state index is 12.8. The number of fused-ring (bicyclic) bond motifs is 1. The van der Waals surface area contributed by atoms with Gasteiger partial charge >= 0.3 is 0 Å². The Morgan fingerprint density at radius 3 is 2.78 bits per heavy atom. The molecule has 3 heterocycles. The number of likely N-dealkylation sites (tertiary alicyclic amines) is 1. The molecule has 0 bridgehead atoms. The molecule has 0 radical (unpaired) electrons. The zero-order valence-corrected chi connectivity index (χ0v) is 16.0. The van der Waals surface area contributed by atoms with Crippen LogP contribution in [0.3, 0.4) is 0 Å². The molecule has 0 unspecified atom stereocenters. The van der Waals surface area contributed by atoms with Crippen molar-refractivity contribution in [1.82, 2.24) is 15.0 Å². The molecule has 1 aliphatic rings. The molecule has 2 aromatic heterocycles. The quantitative estimate of drug-likeness (QED) is 0.623. The van der Waals surface area contributed by atoms with Crippen molar-refractivity contribution in [1.29, 1.82) is 0 Å². The van der Waals surface area contributed by atoms with Crippen LogP contribution in [0.25, 0.3) is 10.2 Å². The van der Waals surface area contributed by atoms with E-state index in [-0.39, 0.29) is 17.6 Å². The molecule has 0 N–H and O–H groups in total. The lowest BCUT2D eigenvalue weighted by Crippen LogP contribution is -2.40. The van der Waals surface area contributed by atoms with E-state index in [2.05, 4.69) is 17.1 Å². The average molecular weight is 383 g/mol. The fourth-order valence-corrected chi connectivity index (χ4v) is 4.42. The average Bonchev–Trinajstić information content (AvgIpc) is 3.34. The highest BCUT2D eigenvalue weighted by Gasteiger charge is 2.30. The lowest BCUT2D eigenvalue weighted by molar-refractivity contribution is 0.0642. The number of amides is 1. The number of hydrogen-bond acceptors (Lipinski definition) is 6. The standard InChI is InChI=1S/C20H21N3O3S/c1-2-5-14-12-16(22-26-14)20(25)23-10-8-13(9-11-23)18(24)19-21-15-6-3-4-7-17(15)27-19/h3-4,6-7,12-13H,2,5,8-11H2,1H3. The second kappa shape index (κ2) is 7.60. The van der Waals surface area contributed by atoms with E-state index >= 15 is 0 Å². The maximum Gasteiger partial charge on any atom is 0.276 e. The smallest absolute Gasteiger partial charge is 0.276 e. The van der Waals surface area contributed by atoms with Crippen LogP contribution in [-0.4, -0.2) is 39.8 Å². The summed E-state index contributed by atoms with van der Waals surface area (Å²) in [5.41, 5.74) is 1.22. The third-order valence-electron chi connectivity index (χ3n) is 4.93. The van der Waals surface area contributed by atoms with Gasteiger partial charge in [-0.05, 0) is 31.4 Å². The zero-order valence-electron chi connectivity index (χ0n) is 15.2. The summed E-state index contributed by atoms with van der Waals surface area (Å²) >= 11 is 1.45. The van der Waals surface area contributed by atoms with Gasteiger partial charge in [-0.3, -0.25) is 9.59 Å². The Morgan fingerprint density at radius 1 is 1.26 bits per heavy atom. The van der Waals surface area contributed by atoms with Gasteiger partial charge in [0.25, 0.3) is 5.91 Å². The first-order valence-electron chi connectivity index (χ1n) is 9.30. The van der Waals surface area contributed by atoms with Crippen molar-refractivity contribution in [3.05, 3.63) is 46.8 Å². The summed E-state index contributed by atoms with van der Waals surface area (Å²) in [6, 6.07) is 9.51. The van der Waals surface area contributed by atoms with Gasteiger partial charge in [0.1, 0.15) is 5.76 Å². The number of hydrogen-bond donors (Lipinski definition) is 0. The molecule has 3 aromatic rings. The molecular weight excluding hydrogens is 362 g/mol. The summed E-state index contributed by atoms with van der Waals surface area (Å²) in [7, 11) is 0. The van der Waals surface area contributed by atoms with E-state index in [1.807, 2.05) is 24.3 Å². The highest BCUT2D eigenvalue weighted by molar-refractivity contribution is 7.20. The molecule has 0 aliphatic carbocycles. The monoisotopic (exact) mass is 383 g/mol. The van der Waals surface area contributed by atoms with Crippen LogP contribution in [0.1, 0.15) is 52.2 Å². The van der Waals surface area contributed by atoms with Crippen molar-refractivity contribution in [2.24, 2.45) is 5.92 Å². The number of aryl methyl sites for hydroxylation is 1. The van der Waals surface area contributed by atoms with Crippen molar-refractivity contribution in [2.45, 2.75) is 32.6 Å². The molecule has 1 amide bonds. The van der Waals surface area contributed by atoms with Crippen LogP contribution >= 0.6 is 11.3 Å². The second-order valence-electron chi connectivity index (χ2n) is 6.85. The fraction of sp³-hybridized carbons (Fsp3) is 0.400. The summed E-state index contributed by atoms with van der Waals surface area (Å²) in [6.07, 6.45) is 3.03. The van der Waals surface area contributed by atoms with Crippen LogP contribution < -0.4 is 0 Å². The minimum absolute atomic E-state index is 0.0810. The Morgan fingerprint density at radius 2 is 2.04 bits per heavy atom. The van der Waals surface area contributed by atoms with Gasteiger partial charge in [0.05, 0.1) is 10.2 Å². The van der Waals surface area contributed by atoms with E-state index < -0.39 is 0 Å². The molecule has 140 valence electrons. The van der Waals surface area contributed by atoms with Crippen LogP contribution in [0.15, 0.2) is 34.9 Å². The Labute approximate surface area is 161 Å². The number of nitrogens with zero attached hydrogens (tertiary/aromatic N) is 3. The van der Waals surface area contributed by atoms with E-state index in [9.17, 15) is 9.59 Å². The van der Waals surface area contributed by atoms with Crippen molar-refractivity contribution in [2.75, 3.05) is 13.1 Å². The number of ketones is 1. The highest BCUT2D eigenvalue weighted by Crippen LogP contribution is 2.28. The van der Waals surface area contributed by atoms with E-state index in [0.29, 0.717) is 36.6 Å². The molecule has 27 heavy (non-hydrogen) atoms. The van der Waals surface area contributed by atoms with Crippen LogP contribution in [0.5, 0.6) is 0 Å². The third-order valence-corrected chi connectivity index (χ3v) is 5.98. The number of Topliss-reactive ketones (excluding diaryl/α,β-unsaturated/α-hetero) is 1. The van der Waals surface area contributed by atoms with Crippen LogP contribution in [0, 0.1) is 5.92 Å². The van der Waals surface area contributed by atoms with Crippen molar-refractivity contribution >= 4 is 33.2 Å². The van der Waals surface area contributed by atoms with E-state index in [1.165, 1.54) is 11.3 Å². The Balaban J connectivity index is 1.39. The van der Waals surface area contributed by atoms with Crippen molar-refractivity contribution < 1.29 is 14.1 Å². The highest BCUT2D eigenvalue weighted by atomic mass is 32.1. The van der Waals surface area contributed by atoms with E-state index in [4.69, 9.17) is 4.52 Å². The second-order valence-corrected chi connectivity index (χ2v) is 7.88. The molecule has 6 nitrogen and oxygen atoms in total. The number of carbonyl (C=O) groups is 2. The fourth-order valence-electron chi connectivity index (χ4n) is 3.44. The molecule has 1 aromatic carbocycles. The molecular formula is C20H21N3O3S. The molecule has 1 fully saturated rings. The number of benzene rings is 1. The van der Waals surface area contributed by atoms with Crippen molar-refractivity contribution in [3.8, 4) is 0 Å². The SMILES string of the molecule is CCCc1cc(C(=O)N2CCC(C(=O)c3nc4ccccc4s3)CC2)no1. The largest absolute Gasteiger partial charge is 0.361 e. The number of carbonyl (C=O) groups excluding carboxylic acids is 2. The molecule has 0 atom stereocenters. The Bertz CT molecular complexity index is 937. The van der Waals surface area contributed by atoms with Crippen molar-refractivity contribution in [3.63, 3.8) is 0 Å². The summed E-state index contributed by atoms with van der Waals surface area (Å²) in [5, 5.41) is 4.47. The molecule has 0 spiro atoms. The molecule has 1 saturated heterocycles. The lowest BCUT2D eigenvalue weighted by atomic mass is 9.92. The lowest BCUT2D eigenvalue weighted by Gasteiger charge is -2.30. The summed E-state index contributed by atoms with van der Waals surface area (Å²) in [5.74, 6) is 0.631. The zero-order chi connectivity index (χ0) is 18.8. The number of thiazole rings is 1. The Kier molecular flexibility index (Phi) is 5.03. The molecule has 4 rings (SSSR count). The summed E-state index contributed by atoms with van der Waals surface area (Å²) in [4.78, 5) is 31.6. The number of rotatable bonds is 5. The number of aromatic nitrogens is 2. The first-order chi connectivity index (χ1) is 13.2. The topological polar surface area (TPSA) is 76.3 Å². The predicted octanol–water partition coefficient (Wildman–Crippen LogP) is 3.97. The van der Waals surface area contributed by atoms with Gasteiger partial charge in [-0.15, -0.1) is 11.3 Å². The first-order valence-corrected chi connectivity index (χ1v) is 10.1. The number of piperidine rings is 1. The molecule has 0 saturated carbocycles. The van der Waals surface area contributed by atoms with Crippen LogP contribution in [0.2, 0.25) is 0 Å². The minimum Gasteiger partial charge on any atom is -0.361 e. The van der Waals surface area contributed by atoms with Gasteiger partial charge < -0.3 is 9.42 Å². The van der Waals surface area contributed by atoms with Gasteiger partial charge in [-0.25, -0.2) is 4.98 Å². The van der Waals surface area contributed by atoms with E-state index in [1.54, 1.807) is 11.0 Å². The van der Waals surface area contributed by atoms with Crippen LogP contribution in [0.4, 0.5) is 0 Å². The summed E-state index contributed by atoms with van der Waals surface area (Å²) < 4.78 is 6.23. The van der Waals surface area contributed by atoms with Gasteiger partial charge in [0, 0.05) is 31.5 Å². The van der Waals surface area contributed by atoms with E-state index in [0.717, 1.165) is 28.8 Å². The van der Waals surface area contributed by atoms with Gasteiger partial charge in [-0.2, -0.15) is 0 Å². The number of para-hydroxylation sites is 1. The van der Waals surface area contributed by atoms with Gasteiger partial charge in [0.2, 0.25) is 0 Å². The minimum atomic E-state index is -0.119.